The second kappa shape index (κ2) is 4.94. The van der Waals surface area contributed by atoms with Crippen molar-refractivity contribution >= 4 is 29.1 Å². The Balaban J connectivity index is 0.00000144. The van der Waals surface area contributed by atoms with E-state index in [9.17, 15) is 17.7 Å². The first kappa shape index (κ1) is 13.7. The summed E-state index contributed by atoms with van der Waals surface area (Å²) in [4.78, 5) is 10.2. The van der Waals surface area contributed by atoms with E-state index in [2.05, 4.69) is 0 Å². The number of thiophene rings is 1. The van der Waals surface area contributed by atoms with Crippen molar-refractivity contribution in [3.8, 4) is 0 Å². The van der Waals surface area contributed by atoms with E-state index in [1.54, 1.807) is 0 Å². The summed E-state index contributed by atoms with van der Waals surface area (Å²) >= 11 is 0.407. The van der Waals surface area contributed by atoms with Crippen LogP contribution in [-0.2, 0) is 0 Å². The minimum Gasteiger partial charge on any atom is -0.478 e. The molecule has 0 atom stereocenters. The molecule has 0 unspecified atom stereocenters. The topological polar surface area (TPSA) is 37.3 Å². The van der Waals surface area contributed by atoms with Crippen LogP contribution in [0.25, 0.3) is 0 Å². The molecule has 1 aromatic rings. The molecule has 13 heavy (non-hydrogen) atoms. The zero-order valence-corrected chi connectivity index (χ0v) is 10.6. The molecule has 0 fully saturated rings. The Kier molecular flexibility index (Phi) is 5.20. The van der Waals surface area contributed by atoms with Gasteiger partial charge in [-0.05, 0) is 16.2 Å². The van der Waals surface area contributed by atoms with E-state index >= 15 is 0 Å². The summed E-state index contributed by atoms with van der Waals surface area (Å²) in [6, 6.07) is 0.956. The van der Waals surface area contributed by atoms with Crippen molar-refractivity contribution in [1.29, 1.82) is 0 Å². The van der Waals surface area contributed by atoms with E-state index in [1.165, 1.54) is 0 Å². The smallest absolute Gasteiger partial charge is 0.478 e. The van der Waals surface area contributed by atoms with Gasteiger partial charge in [0.2, 0.25) is 0 Å². The van der Waals surface area contributed by atoms with Crippen LogP contribution in [0.3, 0.4) is 0 Å². The molecule has 0 spiro atoms. The van der Waals surface area contributed by atoms with Gasteiger partial charge in [-0.15, -0.1) is 0 Å². The fourth-order valence-electron chi connectivity index (χ4n) is 0.751. The molecule has 1 rings (SSSR count). The molecule has 0 bridgehead atoms. The van der Waals surface area contributed by atoms with Crippen LogP contribution in [0.2, 0.25) is 0 Å². The van der Waals surface area contributed by atoms with Crippen molar-refractivity contribution < 1.29 is 74.2 Å². The third-order valence-corrected chi connectivity index (χ3v) is 2.24. The summed E-state index contributed by atoms with van der Waals surface area (Å²) in [7, 11) is 0. The maximum atomic E-state index is 12.1. The summed E-state index contributed by atoms with van der Waals surface area (Å²) in [5.41, 5.74) is -0.660. The Bertz CT molecular complexity index is 311. The van der Waals surface area contributed by atoms with Crippen LogP contribution in [0.4, 0.5) is 12.9 Å². The van der Waals surface area contributed by atoms with Gasteiger partial charge in [-0.3, -0.25) is 0 Å². The van der Waals surface area contributed by atoms with Crippen molar-refractivity contribution in [3.05, 3.63) is 17.0 Å². The van der Waals surface area contributed by atoms with E-state index < -0.39 is 23.3 Å². The minimum absolute atomic E-state index is 0. The zero-order valence-electron chi connectivity index (χ0n) is 6.63. The van der Waals surface area contributed by atoms with Crippen molar-refractivity contribution in [1.82, 2.24) is 0 Å². The van der Waals surface area contributed by atoms with Gasteiger partial charge in [0.15, 0.2) is 0 Å². The largest absolute Gasteiger partial charge is 1.00 e. The first-order valence-electron chi connectivity index (χ1n) is 2.93. The molecule has 2 nitrogen and oxygen atoms in total. The van der Waals surface area contributed by atoms with Crippen LogP contribution in [0.15, 0.2) is 11.4 Å². The predicted octanol–water partition coefficient (Wildman–Crippen LogP) is -1.50. The van der Waals surface area contributed by atoms with Gasteiger partial charge < -0.3 is 18.1 Å². The van der Waals surface area contributed by atoms with E-state index in [-0.39, 0.29) is 51.4 Å². The van der Waals surface area contributed by atoms with Crippen LogP contribution >= 0.6 is 11.3 Å². The number of halogens is 3. The SMILES string of the molecule is O=C(O)c1ccsc1[B-](F)(F)F.[K+]. The molecule has 1 aromatic heterocycles. The number of hydrogen-bond acceptors (Lipinski definition) is 2. The van der Waals surface area contributed by atoms with E-state index in [0.29, 0.717) is 11.3 Å². The quantitative estimate of drug-likeness (QED) is 0.633. The molecule has 0 aliphatic heterocycles. The fourth-order valence-corrected chi connectivity index (χ4v) is 1.54. The molecule has 0 aliphatic rings. The minimum atomic E-state index is -5.19. The van der Waals surface area contributed by atoms with Gasteiger partial charge in [-0.25, -0.2) is 4.79 Å². The van der Waals surface area contributed by atoms with Gasteiger partial charge in [-0.1, -0.05) is 0 Å². The number of carbonyl (C=O) groups is 1. The van der Waals surface area contributed by atoms with Crippen LogP contribution < -0.4 is 56.2 Å². The number of aromatic carboxylic acids is 1. The van der Waals surface area contributed by atoms with E-state index in [4.69, 9.17) is 5.11 Å². The average Bonchev–Trinajstić information content (AvgIpc) is 2.30. The summed E-state index contributed by atoms with van der Waals surface area (Å²) in [5, 5.41) is 9.45. The van der Waals surface area contributed by atoms with Crippen LogP contribution in [0.1, 0.15) is 10.4 Å². The third-order valence-electron chi connectivity index (χ3n) is 1.22. The third kappa shape index (κ3) is 3.37. The Morgan fingerprint density at radius 3 is 2.31 bits per heavy atom. The molecular formula is C5H3BF3KO2S. The molecule has 1 N–H and O–H groups in total. The Morgan fingerprint density at radius 1 is 1.46 bits per heavy atom. The molecule has 0 saturated heterocycles. The number of rotatable bonds is 2. The maximum absolute atomic E-state index is 12.1. The molecule has 0 radical (unpaired) electrons. The molecule has 0 aromatic carbocycles. The van der Waals surface area contributed by atoms with Gasteiger partial charge in [0, 0.05) is 5.56 Å². The van der Waals surface area contributed by atoms with Crippen LogP contribution in [0.5, 0.6) is 0 Å². The van der Waals surface area contributed by atoms with Crippen molar-refractivity contribution in [2.24, 2.45) is 0 Å². The summed E-state index contributed by atoms with van der Waals surface area (Å²) in [6.07, 6.45) is 0. The molecule has 0 aliphatic carbocycles. The summed E-state index contributed by atoms with van der Waals surface area (Å²) in [5.74, 6) is -1.54. The van der Waals surface area contributed by atoms with Gasteiger partial charge in [-0.2, -0.15) is 11.3 Å². The number of carboxylic acids is 1. The van der Waals surface area contributed by atoms with Gasteiger partial charge in [0.05, 0.1) is 0 Å². The van der Waals surface area contributed by atoms with Gasteiger partial charge in [0.25, 0.3) is 0 Å². The Morgan fingerprint density at radius 2 is 2.00 bits per heavy atom. The second-order valence-electron chi connectivity index (χ2n) is 2.08. The Hall–Kier alpha value is 0.661. The van der Waals surface area contributed by atoms with Crippen LogP contribution in [0, 0.1) is 0 Å². The predicted molar refractivity (Wildman–Crippen MR) is 40.0 cm³/mol. The van der Waals surface area contributed by atoms with Crippen molar-refractivity contribution in [2.75, 3.05) is 0 Å². The first-order chi connectivity index (χ1) is 5.43. The van der Waals surface area contributed by atoms with Crippen molar-refractivity contribution in [3.63, 3.8) is 0 Å². The normalized spacial score (nSPS) is 10.7. The molecule has 1 heterocycles. The maximum Gasteiger partial charge on any atom is 1.00 e. The zero-order chi connectivity index (χ0) is 9.35. The molecule has 8 heteroatoms. The number of carboxylic acid groups (broad SMARTS) is 1. The van der Waals surface area contributed by atoms with E-state index in [0.717, 1.165) is 11.4 Å². The second-order valence-corrected chi connectivity index (χ2v) is 3.03. The number of hydrogen-bond donors (Lipinski definition) is 1. The fraction of sp³-hybridized carbons (Fsp3) is 0. The monoisotopic (exact) mass is 234 g/mol. The summed E-state index contributed by atoms with van der Waals surface area (Å²) < 4.78 is 35.2. The Labute approximate surface area is 119 Å². The van der Waals surface area contributed by atoms with Gasteiger partial charge >= 0.3 is 64.3 Å². The van der Waals surface area contributed by atoms with Gasteiger partial charge in [0.1, 0.15) is 0 Å². The molecular weight excluding hydrogens is 231 g/mol. The van der Waals surface area contributed by atoms with E-state index in [1.807, 2.05) is 0 Å². The summed E-state index contributed by atoms with van der Waals surface area (Å²) in [6.45, 7) is -5.19. The molecule has 0 amide bonds. The standard InChI is InChI=1S/C5H3BF3O2S.K/c7-6(8,9)4-3(5(10)11)1-2-12-4;/h1-2H,(H,10,11);/q-1;+1. The molecule has 66 valence electrons. The first-order valence-corrected chi connectivity index (χ1v) is 3.81. The average molecular weight is 234 g/mol. The molecule has 0 saturated carbocycles. The van der Waals surface area contributed by atoms with Crippen LogP contribution in [-0.4, -0.2) is 18.1 Å². The van der Waals surface area contributed by atoms with Crippen molar-refractivity contribution in [2.45, 2.75) is 0 Å².